The van der Waals surface area contributed by atoms with Gasteiger partial charge in [0.2, 0.25) is 0 Å². The molecule has 1 N–H and O–H groups in total. The average Bonchev–Trinajstić information content (AvgIpc) is 3.33. The van der Waals surface area contributed by atoms with E-state index in [1.54, 1.807) is 0 Å². The van der Waals surface area contributed by atoms with Crippen LogP contribution in [0.4, 0.5) is 0 Å². The van der Waals surface area contributed by atoms with Crippen LogP contribution in [0, 0.1) is 13.8 Å². The molecule has 0 spiro atoms. The third-order valence-electron chi connectivity index (χ3n) is 5.93. The second-order valence-electron chi connectivity index (χ2n) is 8.35. The van der Waals surface area contributed by atoms with Gasteiger partial charge in [-0.2, -0.15) is 5.10 Å². The van der Waals surface area contributed by atoms with E-state index < -0.39 is 9.84 Å². The van der Waals surface area contributed by atoms with Crippen LogP contribution in [0.1, 0.15) is 23.1 Å². The van der Waals surface area contributed by atoms with Gasteiger partial charge in [0.15, 0.2) is 9.84 Å². The van der Waals surface area contributed by atoms with E-state index in [2.05, 4.69) is 36.9 Å². The summed E-state index contributed by atoms with van der Waals surface area (Å²) in [6.07, 6.45) is 2.64. The number of aryl methyl sites for hydroxylation is 2. The first-order chi connectivity index (χ1) is 14.9. The van der Waals surface area contributed by atoms with Gasteiger partial charge in [0, 0.05) is 36.5 Å². The van der Waals surface area contributed by atoms with E-state index in [0.717, 1.165) is 33.6 Å². The Bertz CT molecular complexity index is 1160. The molecule has 0 radical (unpaired) electrons. The van der Waals surface area contributed by atoms with E-state index in [1.807, 2.05) is 41.2 Å². The largest absolute Gasteiger partial charge is 0.395 e. The smallest absolute Gasteiger partial charge is 0.151 e. The van der Waals surface area contributed by atoms with Gasteiger partial charge < -0.3 is 5.11 Å². The number of benzene rings is 2. The summed E-state index contributed by atoms with van der Waals surface area (Å²) >= 11 is 0. The summed E-state index contributed by atoms with van der Waals surface area (Å²) in [7, 11) is -3.01. The first-order valence-corrected chi connectivity index (χ1v) is 12.5. The molecular weight excluding hydrogens is 410 g/mol. The zero-order chi connectivity index (χ0) is 22.0. The highest BCUT2D eigenvalue weighted by atomic mass is 32.2. The molecule has 3 aromatic rings. The molecule has 1 aliphatic heterocycles. The fourth-order valence-electron chi connectivity index (χ4n) is 4.26. The lowest BCUT2D eigenvalue weighted by Gasteiger charge is -2.27. The lowest BCUT2D eigenvalue weighted by atomic mass is 10.1. The molecule has 1 fully saturated rings. The molecule has 1 atom stereocenters. The van der Waals surface area contributed by atoms with Crippen molar-refractivity contribution in [3.05, 3.63) is 71.4 Å². The Morgan fingerprint density at radius 1 is 1.16 bits per heavy atom. The van der Waals surface area contributed by atoms with Crippen LogP contribution in [0.2, 0.25) is 0 Å². The molecule has 31 heavy (non-hydrogen) atoms. The van der Waals surface area contributed by atoms with Crippen molar-refractivity contribution in [2.45, 2.75) is 32.9 Å². The van der Waals surface area contributed by atoms with Crippen LogP contribution in [0.3, 0.4) is 0 Å². The summed E-state index contributed by atoms with van der Waals surface area (Å²) < 4.78 is 26.0. The molecule has 1 unspecified atom stereocenters. The Hall–Kier alpha value is -2.48. The fraction of sp³-hybridized carbons (Fsp3) is 0.375. The molecule has 0 aliphatic carbocycles. The molecule has 0 bridgehead atoms. The third-order valence-corrected chi connectivity index (χ3v) is 7.68. The third kappa shape index (κ3) is 4.89. The van der Waals surface area contributed by atoms with Crippen LogP contribution in [-0.2, 0) is 16.4 Å². The first kappa shape index (κ1) is 21.7. The summed E-state index contributed by atoms with van der Waals surface area (Å²) in [6, 6.07) is 16.3. The quantitative estimate of drug-likeness (QED) is 0.612. The average molecular weight is 440 g/mol. The molecule has 4 rings (SSSR count). The van der Waals surface area contributed by atoms with Crippen LogP contribution in [0.25, 0.3) is 16.9 Å². The molecule has 6 nitrogen and oxygen atoms in total. The van der Waals surface area contributed by atoms with Gasteiger partial charge in [-0.05, 0) is 37.5 Å². The van der Waals surface area contributed by atoms with E-state index in [9.17, 15) is 13.5 Å². The van der Waals surface area contributed by atoms with Crippen molar-refractivity contribution in [3.8, 4) is 16.9 Å². The second kappa shape index (κ2) is 8.94. The minimum Gasteiger partial charge on any atom is -0.395 e. The van der Waals surface area contributed by atoms with Gasteiger partial charge in [-0.25, -0.2) is 13.1 Å². The van der Waals surface area contributed by atoms with Gasteiger partial charge in [0.1, 0.15) is 0 Å². The molecule has 1 saturated heterocycles. The van der Waals surface area contributed by atoms with Gasteiger partial charge >= 0.3 is 0 Å². The Balaban J connectivity index is 1.74. The van der Waals surface area contributed by atoms with Crippen molar-refractivity contribution in [2.24, 2.45) is 0 Å². The van der Waals surface area contributed by atoms with Gasteiger partial charge in [-0.3, -0.25) is 4.90 Å². The molecule has 7 heteroatoms. The van der Waals surface area contributed by atoms with Gasteiger partial charge in [-0.15, -0.1) is 0 Å². The summed E-state index contributed by atoms with van der Waals surface area (Å²) in [6.45, 7) is 5.09. The van der Waals surface area contributed by atoms with Crippen LogP contribution in [-0.4, -0.2) is 58.9 Å². The highest BCUT2D eigenvalue weighted by Crippen LogP contribution is 2.28. The number of sulfone groups is 1. The van der Waals surface area contributed by atoms with Crippen molar-refractivity contribution < 1.29 is 13.5 Å². The first-order valence-electron chi connectivity index (χ1n) is 10.6. The van der Waals surface area contributed by atoms with E-state index in [0.29, 0.717) is 19.5 Å². The van der Waals surface area contributed by atoms with Crippen LogP contribution < -0.4 is 0 Å². The molecule has 2 heterocycles. The molecule has 2 aromatic carbocycles. The van der Waals surface area contributed by atoms with E-state index >= 15 is 0 Å². The zero-order valence-corrected chi connectivity index (χ0v) is 18.8. The van der Waals surface area contributed by atoms with Crippen molar-refractivity contribution in [3.63, 3.8) is 0 Å². The van der Waals surface area contributed by atoms with Crippen molar-refractivity contribution in [2.75, 3.05) is 24.7 Å². The maximum absolute atomic E-state index is 12.0. The summed E-state index contributed by atoms with van der Waals surface area (Å²) in [5.41, 5.74) is 6.24. The van der Waals surface area contributed by atoms with E-state index in [-0.39, 0.29) is 24.2 Å². The number of hydrogen-bond donors (Lipinski definition) is 1. The fourth-order valence-corrected chi connectivity index (χ4v) is 6.02. The molecule has 1 aliphatic rings. The summed E-state index contributed by atoms with van der Waals surface area (Å²) in [5.74, 6) is 0.367. The number of aliphatic hydroxyl groups is 1. The number of rotatable bonds is 7. The molecular formula is C24H29N3O3S. The predicted octanol–water partition coefficient (Wildman–Crippen LogP) is 3.14. The summed E-state index contributed by atoms with van der Waals surface area (Å²) in [5, 5.41) is 14.6. The van der Waals surface area contributed by atoms with E-state index in [4.69, 9.17) is 5.10 Å². The predicted molar refractivity (Wildman–Crippen MR) is 123 cm³/mol. The number of aliphatic hydroxyl groups excluding tert-OH is 1. The number of hydrogen-bond acceptors (Lipinski definition) is 5. The molecule has 1 aromatic heterocycles. The number of aromatic nitrogens is 2. The monoisotopic (exact) mass is 439 g/mol. The Labute approximate surface area is 184 Å². The topological polar surface area (TPSA) is 75.4 Å². The maximum Gasteiger partial charge on any atom is 0.151 e. The minimum absolute atomic E-state index is 0.0116. The number of nitrogens with zero attached hydrogens (tertiary/aromatic N) is 3. The Morgan fingerprint density at radius 3 is 2.61 bits per heavy atom. The van der Waals surface area contributed by atoms with Crippen molar-refractivity contribution >= 4 is 9.84 Å². The molecule has 0 amide bonds. The lowest BCUT2D eigenvalue weighted by Crippen LogP contribution is -2.37. The summed E-state index contributed by atoms with van der Waals surface area (Å²) in [4.78, 5) is 2.08. The van der Waals surface area contributed by atoms with Gasteiger partial charge in [-0.1, -0.05) is 42.5 Å². The zero-order valence-electron chi connectivity index (χ0n) is 18.0. The lowest BCUT2D eigenvalue weighted by molar-refractivity contribution is 0.154. The van der Waals surface area contributed by atoms with Crippen molar-refractivity contribution in [1.29, 1.82) is 0 Å². The van der Waals surface area contributed by atoms with Crippen LogP contribution >= 0.6 is 0 Å². The SMILES string of the molecule is Cc1ccc(C)c(-n2cc(CN(CCO)C3CCS(=O)(=O)C3)c(-c3ccccc3)n2)c1. The van der Waals surface area contributed by atoms with Crippen LogP contribution in [0.15, 0.2) is 54.7 Å². The van der Waals surface area contributed by atoms with Gasteiger partial charge in [0.05, 0.1) is 29.5 Å². The maximum atomic E-state index is 12.0. The Morgan fingerprint density at radius 2 is 1.94 bits per heavy atom. The normalized spacial score (nSPS) is 18.0. The molecule has 0 saturated carbocycles. The highest BCUT2D eigenvalue weighted by Gasteiger charge is 2.32. The standard InChI is InChI=1S/C24H29N3O3S/c1-18-8-9-19(2)23(14-18)27-16-21(24(25-27)20-6-4-3-5-7-20)15-26(11-12-28)22-10-13-31(29,30)17-22/h3-9,14,16,22,28H,10-13,15,17H2,1-2H3. The second-order valence-corrected chi connectivity index (χ2v) is 10.6. The van der Waals surface area contributed by atoms with Gasteiger partial charge in [0.25, 0.3) is 0 Å². The highest BCUT2D eigenvalue weighted by molar-refractivity contribution is 7.91. The minimum atomic E-state index is -3.01. The van der Waals surface area contributed by atoms with Crippen molar-refractivity contribution in [1.82, 2.24) is 14.7 Å². The molecule has 164 valence electrons. The Kier molecular flexibility index (Phi) is 6.27. The van der Waals surface area contributed by atoms with Crippen LogP contribution in [0.5, 0.6) is 0 Å². The van der Waals surface area contributed by atoms with E-state index in [1.165, 1.54) is 0 Å².